The topological polar surface area (TPSA) is 62.9 Å². The van der Waals surface area contributed by atoms with E-state index in [4.69, 9.17) is 10.5 Å². The molecular weight excluding hydrogens is 300 g/mol. The number of nitrogens with zero attached hydrogens (tertiary/aromatic N) is 2. The summed E-state index contributed by atoms with van der Waals surface area (Å²) in [6, 6.07) is 0.628. The Kier molecular flexibility index (Phi) is 3.09. The van der Waals surface area contributed by atoms with E-state index in [0.29, 0.717) is 23.3 Å². The highest BCUT2D eigenvalue weighted by Crippen LogP contribution is 2.67. The summed E-state index contributed by atoms with van der Waals surface area (Å²) < 4.78 is 6.31. The molecule has 3 atom stereocenters. The lowest BCUT2D eigenvalue weighted by Crippen LogP contribution is -2.49. The summed E-state index contributed by atoms with van der Waals surface area (Å²) in [5.41, 5.74) is 9.63. The number of nitrogens with one attached hydrogen (secondary N) is 1. The third-order valence-electron chi connectivity index (χ3n) is 7.01. The Hall–Kier alpha value is -1.49. The lowest BCUT2D eigenvalue weighted by atomic mass is 9.90. The van der Waals surface area contributed by atoms with Gasteiger partial charge in [-0.1, -0.05) is 12.5 Å². The van der Waals surface area contributed by atoms with Crippen molar-refractivity contribution in [3.63, 3.8) is 0 Å². The van der Waals surface area contributed by atoms with Crippen LogP contribution < -0.4 is 11.1 Å². The normalized spacial score (nSPS) is 40.8. The maximum Gasteiger partial charge on any atom is 0.291 e. The van der Waals surface area contributed by atoms with Crippen LogP contribution in [0.3, 0.4) is 0 Å². The van der Waals surface area contributed by atoms with Gasteiger partial charge in [0.1, 0.15) is 11.4 Å². The Labute approximate surface area is 144 Å². The van der Waals surface area contributed by atoms with Crippen LogP contribution in [0.5, 0.6) is 0 Å². The monoisotopic (exact) mass is 328 g/mol. The van der Waals surface area contributed by atoms with Crippen molar-refractivity contribution in [2.24, 2.45) is 16.6 Å². The minimum atomic E-state index is -0.0716. The van der Waals surface area contributed by atoms with Crippen molar-refractivity contribution in [3.8, 4) is 0 Å². The van der Waals surface area contributed by atoms with Crippen molar-refractivity contribution in [2.45, 2.75) is 63.0 Å². The number of fused-ring (bicyclic) bond motifs is 1. The first-order valence-corrected chi connectivity index (χ1v) is 9.59. The Morgan fingerprint density at radius 1 is 1.46 bits per heavy atom. The number of rotatable bonds is 3. The molecule has 3 heterocycles. The molecule has 5 heteroatoms. The molecule has 3 aliphatic heterocycles. The molecule has 5 aliphatic rings. The van der Waals surface area contributed by atoms with Gasteiger partial charge in [-0.2, -0.15) is 0 Å². The maximum absolute atomic E-state index is 6.31. The highest BCUT2D eigenvalue weighted by Gasteiger charge is 2.77. The predicted molar refractivity (Wildman–Crippen MR) is 94.3 cm³/mol. The predicted octanol–water partition coefficient (Wildman–Crippen LogP) is 2.26. The Balaban J connectivity index is 1.26. The van der Waals surface area contributed by atoms with E-state index in [1.807, 2.05) is 0 Å². The summed E-state index contributed by atoms with van der Waals surface area (Å²) in [4.78, 5) is 7.24. The summed E-state index contributed by atoms with van der Waals surface area (Å²) in [6.45, 7) is 5.30. The maximum atomic E-state index is 6.31. The second-order valence-corrected chi connectivity index (χ2v) is 8.23. The van der Waals surface area contributed by atoms with Crippen LogP contribution in [0.25, 0.3) is 0 Å². The highest BCUT2D eigenvalue weighted by atomic mass is 16.5. The molecule has 3 fully saturated rings. The van der Waals surface area contributed by atoms with Gasteiger partial charge in [-0.05, 0) is 56.6 Å². The van der Waals surface area contributed by atoms with Crippen molar-refractivity contribution in [1.29, 1.82) is 0 Å². The number of allylic oxidation sites excluding steroid dienone is 3. The largest absolute Gasteiger partial charge is 0.455 e. The third kappa shape index (κ3) is 2.00. The van der Waals surface area contributed by atoms with Crippen molar-refractivity contribution in [1.82, 2.24) is 10.2 Å². The van der Waals surface area contributed by atoms with Gasteiger partial charge in [0.05, 0.1) is 6.54 Å². The number of piperidine rings is 1. The zero-order chi connectivity index (χ0) is 16.4. The molecule has 0 aromatic carbocycles. The highest BCUT2D eigenvalue weighted by molar-refractivity contribution is 5.78. The molecule has 2 unspecified atom stereocenters. The minimum absolute atomic E-state index is 0.0716. The first-order chi connectivity index (χ1) is 11.7. The summed E-state index contributed by atoms with van der Waals surface area (Å²) in [6.07, 6.45) is 10.8. The fourth-order valence-electron chi connectivity index (χ4n) is 5.53. The molecule has 0 aromatic heterocycles. The van der Waals surface area contributed by atoms with Gasteiger partial charge in [0.2, 0.25) is 0 Å². The van der Waals surface area contributed by atoms with E-state index in [1.54, 1.807) is 5.57 Å². The summed E-state index contributed by atoms with van der Waals surface area (Å²) in [7, 11) is 0. The molecule has 5 nitrogen and oxygen atoms in total. The lowest BCUT2D eigenvalue weighted by Gasteiger charge is -2.39. The molecule has 3 N–H and O–H groups in total. The average Bonchev–Trinajstić information content (AvgIpc) is 3.21. The average molecular weight is 328 g/mol. The second kappa shape index (κ2) is 5.01. The van der Waals surface area contributed by atoms with Gasteiger partial charge < -0.3 is 10.5 Å². The van der Waals surface area contributed by atoms with Crippen LogP contribution in [0, 0.1) is 5.92 Å². The quantitative estimate of drug-likeness (QED) is 0.834. The lowest BCUT2D eigenvalue weighted by molar-refractivity contribution is 0.0412. The molecule has 0 radical (unpaired) electrons. The van der Waals surface area contributed by atoms with Crippen molar-refractivity contribution in [3.05, 3.63) is 23.0 Å². The molecule has 0 aromatic rings. The SMILES string of the molecule is CCC1=C(/C=C(\N)NC2=NC[C@@]3(CN4CCC45CC53)O2)CCCC1. The van der Waals surface area contributed by atoms with E-state index >= 15 is 0 Å². The Morgan fingerprint density at radius 3 is 3.00 bits per heavy atom. The van der Waals surface area contributed by atoms with E-state index in [-0.39, 0.29) is 5.60 Å². The smallest absolute Gasteiger partial charge is 0.291 e. The Bertz CT molecular complexity index is 666. The zero-order valence-corrected chi connectivity index (χ0v) is 14.6. The second-order valence-electron chi connectivity index (χ2n) is 8.23. The molecule has 2 saturated heterocycles. The summed E-state index contributed by atoms with van der Waals surface area (Å²) in [5.74, 6) is 1.35. The molecule has 2 aliphatic carbocycles. The Morgan fingerprint density at radius 2 is 2.33 bits per heavy atom. The molecular formula is C19H28N4O. The van der Waals surface area contributed by atoms with Gasteiger partial charge >= 0.3 is 0 Å². The third-order valence-corrected chi connectivity index (χ3v) is 7.01. The zero-order valence-electron chi connectivity index (χ0n) is 14.6. The van der Waals surface area contributed by atoms with Crippen LogP contribution in [-0.2, 0) is 4.74 Å². The van der Waals surface area contributed by atoms with E-state index in [0.717, 1.165) is 25.9 Å². The van der Waals surface area contributed by atoms with Gasteiger partial charge in [-0.3, -0.25) is 10.2 Å². The van der Waals surface area contributed by atoms with Crippen LogP contribution in [0.4, 0.5) is 0 Å². The number of hydrogen-bond donors (Lipinski definition) is 2. The van der Waals surface area contributed by atoms with Crippen LogP contribution in [-0.4, -0.2) is 41.7 Å². The molecule has 24 heavy (non-hydrogen) atoms. The van der Waals surface area contributed by atoms with Gasteiger partial charge in [0, 0.05) is 24.5 Å². The first-order valence-electron chi connectivity index (χ1n) is 9.59. The van der Waals surface area contributed by atoms with Crippen LogP contribution in [0.2, 0.25) is 0 Å². The first kappa shape index (κ1) is 14.8. The van der Waals surface area contributed by atoms with E-state index in [9.17, 15) is 0 Å². The number of ether oxygens (including phenoxy) is 1. The van der Waals surface area contributed by atoms with Crippen LogP contribution in [0.1, 0.15) is 51.9 Å². The van der Waals surface area contributed by atoms with Crippen molar-refractivity contribution < 1.29 is 4.74 Å². The van der Waals surface area contributed by atoms with Crippen molar-refractivity contribution >= 4 is 6.02 Å². The summed E-state index contributed by atoms with van der Waals surface area (Å²) >= 11 is 0. The molecule has 5 rings (SSSR count). The molecule has 130 valence electrons. The van der Waals surface area contributed by atoms with E-state index < -0.39 is 0 Å². The number of amidine groups is 1. The fraction of sp³-hybridized carbons (Fsp3) is 0.737. The summed E-state index contributed by atoms with van der Waals surface area (Å²) in [5, 5.41) is 3.22. The molecule has 1 saturated carbocycles. The van der Waals surface area contributed by atoms with Gasteiger partial charge in [0.15, 0.2) is 0 Å². The number of aliphatic imine (C=N–C) groups is 1. The fourth-order valence-corrected chi connectivity index (χ4v) is 5.53. The van der Waals surface area contributed by atoms with Crippen molar-refractivity contribution in [2.75, 3.05) is 19.6 Å². The minimum Gasteiger partial charge on any atom is -0.455 e. The van der Waals surface area contributed by atoms with Crippen LogP contribution in [0.15, 0.2) is 28.0 Å². The molecule has 2 spiro atoms. The number of hydrogen-bond acceptors (Lipinski definition) is 5. The van der Waals surface area contributed by atoms with Crippen LogP contribution >= 0.6 is 0 Å². The molecule has 0 amide bonds. The van der Waals surface area contributed by atoms with E-state index in [1.165, 1.54) is 44.2 Å². The van der Waals surface area contributed by atoms with Gasteiger partial charge in [-0.15, -0.1) is 0 Å². The standard InChI is InChI=1S/C19H28N4O/c1-2-13-5-3-4-6-14(13)9-16(20)22-17-21-11-19(24-17)12-23-8-7-18(23)10-15(18)19/h9,15H,2-8,10-12,20H2,1H3,(H,21,22)/b16-9+/t15?,18?,19-/m0/s1. The van der Waals surface area contributed by atoms with E-state index in [2.05, 4.69) is 28.2 Å². The number of nitrogens with two attached hydrogens (primary N) is 1. The molecule has 0 bridgehead atoms. The van der Waals surface area contributed by atoms with Gasteiger partial charge in [-0.25, -0.2) is 4.99 Å². The van der Waals surface area contributed by atoms with Gasteiger partial charge in [0.25, 0.3) is 6.02 Å².